The fourth-order valence-electron chi connectivity index (χ4n) is 6.39. The van der Waals surface area contributed by atoms with E-state index in [2.05, 4.69) is 136 Å². The Morgan fingerprint density at radius 1 is 0.369 bits per heavy atom. The summed E-state index contributed by atoms with van der Waals surface area (Å²) in [4.78, 5) is 21.3. The molecule has 13 nitrogen and oxygen atoms in total. The molecule has 15 heteroatoms. The van der Waals surface area contributed by atoms with Crippen molar-refractivity contribution in [3.8, 4) is 0 Å². The Morgan fingerprint density at radius 3 is 0.990 bits per heavy atom. The van der Waals surface area contributed by atoms with Gasteiger partial charge in [-0.25, -0.2) is 9.97 Å². The van der Waals surface area contributed by atoms with Crippen LogP contribution in [0.3, 0.4) is 0 Å². The van der Waals surface area contributed by atoms with E-state index < -0.39 is 0 Å². The van der Waals surface area contributed by atoms with Gasteiger partial charge in [-0.1, -0.05) is 186 Å². The number of pyridine rings is 1. The molecule has 0 saturated carbocycles. The Labute approximate surface area is 650 Å². The van der Waals surface area contributed by atoms with Gasteiger partial charge in [0.1, 0.15) is 17.8 Å². The molecule has 2 N–H and O–H groups in total. The highest BCUT2D eigenvalue weighted by molar-refractivity contribution is 8.03. The van der Waals surface area contributed by atoms with Crippen molar-refractivity contribution in [3.05, 3.63) is 179 Å². The van der Waals surface area contributed by atoms with Gasteiger partial charge in [-0.15, -0.1) is 11.8 Å². The second-order valence-electron chi connectivity index (χ2n) is 21.0. The number of hydrogen-bond acceptors (Lipinski definition) is 15. The molecule has 0 saturated heterocycles. The molecule has 602 valence electrons. The lowest BCUT2D eigenvalue weighted by Gasteiger charge is -1.92. The number of aryl methyl sites for hydroxylation is 8. The second-order valence-corrected chi connectivity index (χ2v) is 23.3. The average Bonchev–Trinajstić information content (AvgIpc) is 1.84. The molecule has 0 radical (unpaired) electrons. The van der Waals surface area contributed by atoms with Crippen LogP contribution in [0.15, 0.2) is 134 Å². The summed E-state index contributed by atoms with van der Waals surface area (Å²) in [5.41, 5.74) is 23.9. The normalized spacial score (nSPS) is 13.4. The smallest absolute Gasteiger partial charge is 0.230 e. The Hall–Kier alpha value is -5.61. The summed E-state index contributed by atoms with van der Waals surface area (Å²) in [7, 11) is 0. The molecule has 4 aromatic rings. The van der Waals surface area contributed by atoms with E-state index in [-0.39, 0.29) is 0 Å². The maximum absolute atomic E-state index is 5.14. The zero-order valence-corrected chi connectivity index (χ0v) is 77.6. The lowest BCUT2D eigenvalue weighted by atomic mass is 10.2. The van der Waals surface area contributed by atoms with E-state index in [1.165, 1.54) is 85.9 Å². The number of rotatable bonds is 0. The van der Waals surface area contributed by atoms with Gasteiger partial charge in [-0.3, -0.25) is 15.0 Å². The molecule has 4 aromatic heterocycles. The van der Waals surface area contributed by atoms with Gasteiger partial charge >= 0.3 is 0 Å². The molecule has 0 aromatic carbocycles. The predicted octanol–water partition coefficient (Wildman–Crippen LogP) is 27.2. The van der Waals surface area contributed by atoms with Gasteiger partial charge in [0.2, 0.25) is 6.79 Å². The van der Waals surface area contributed by atoms with Gasteiger partial charge in [-0.05, 0) is 221 Å². The van der Waals surface area contributed by atoms with E-state index >= 15 is 0 Å². The van der Waals surface area contributed by atoms with Crippen LogP contribution in [0.25, 0.3) is 0 Å². The molecule has 11 heterocycles. The van der Waals surface area contributed by atoms with Crippen molar-refractivity contribution in [1.29, 1.82) is 0 Å². The molecule has 0 atom stereocenters. The zero-order chi connectivity index (χ0) is 82.9. The molecular weight excluding hydrogens is 1310 g/mol. The van der Waals surface area contributed by atoms with E-state index in [0.717, 1.165) is 91.5 Å². The van der Waals surface area contributed by atoms with E-state index in [4.69, 9.17) is 18.9 Å². The summed E-state index contributed by atoms with van der Waals surface area (Å²) in [5, 5.41) is 14.0. The van der Waals surface area contributed by atoms with Crippen molar-refractivity contribution in [1.82, 2.24) is 45.8 Å². The van der Waals surface area contributed by atoms with Crippen molar-refractivity contribution in [2.45, 2.75) is 324 Å². The average molecular weight is 1480 g/mol. The molecule has 7 aliphatic rings. The summed E-state index contributed by atoms with van der Waals surface area (Å²) in [6.07, 6.45) is 15.8. The quantitative estimate of drug-likeness (QED) is 0.161. The SMILES string of the molecule is CC.CC.CC.CC.CC.CC.CC.CC.CC.CC.CC.CC1=C(C)CNC1.CC1=C(C)COC1.CC1=C(C)CSC1.CC1=C(C)NCC1.CC1=C(C)OCC1.CC1=C(C)OCO1.CC1=C(C)SCC1.Cc1ccncc1C.Cc1ccnnc1C.Cc1cncnc1C.Cc1nccnc1C. The largest absolute Gasteiger partial charge is 0.498 e. The number of allylic oxidation sites excluding steroid dienone is 6. The summed E-state index contributed by atoms with van der Waals surface area (Å²) in [6.45, 7) is 96.0. The topological polar surface area (TPSA) is 151 Å². The van der Waals surface area contributed by atoms with Crippen LogP contribution in [0.2, 0.25) is 0 Å². The first-order valence-corrected chi connectivity index (χ1v) is 41.3. The number of hydrogen-bond donors (Lipinski definition) is 2. The van der Waals surface area contributed by atoms with Gasteiger partial charge in [-0.2, -0.15) is 22.0 Å². The van der Waals surface area contributed by atoms with Crippen molar-refractivity contribution in [3.63, 3.8) is 0 Å². The van der Waals surface area contributed by atoms with E-state index in [1.54, 1.807) is 46.5 Å². The number of nitrogens with zero attached hydrogens (tertiary/aromatic N) is 7. The van der Waals surface area contributed by atoms with Crippen LogP contribution in [0.4, 0.5) is 0 Å². The van der Waals surface area contributed by atoms with Crippen LogP contribution in [-0.2, 0) is 18.9 Å². The summed E-state index contributed by atoms with van der Waals surface area (Å²) in [5.74, 6) is 6.79. The molecule has 0 spiro atoms. The van der Waals surface area contributed by atoms with Crippen molar-refractivity contribution >= 4 is 23.5 Å². The van der Waals surface area contributed by atoms with E-state index in [9.17, 15) is 0 Å². The number of ether oxygens (including phenoxy) is 4. The molecule has 0 amide bonds. The number of aromatic nitrogens is 7. The standard InChI is InChI=1S/C7H9N.3C6H8N2.2C6H11N.2C6H10O.2C6H10S.C5H8O2.11C2H6/c1-6-3-4-8-5-7(6)2;1-5-3-7-4-8-6(5)2;1-5-6(2)8-4-3-7-5;1-5-3-4-7-8-6(5)2;1-5-3-7-4-6(5)2;1-5-3-4-7-6(5)2;1-5-3-7-4-6(5)2;1-5-3-4-7-6(5)2;1-5-3-7-4-6(5)2;1-5-3-4-7-6(5)2;1-4-5(2)7-3-6-4;11*1-2/h3-5H,1-2H3;3*3-4H,1-2H3;2*7H,3-4H2,1-2H3;4*3-4H2,1-2H3;3H2,1-2H3;11*1-2H3. The van der Waals surface area contributed by atoms with Crippen LogP contribution >= 0.6 is 23.5 Å². The van der Waals surface area contributed by atoms with Crippen LogP contribution in [-0.4, -0.2) is 98.6 Å². The van der Waals surface area contributed by atoms with Gasteiger partial charge < -0.3 is 29.6 Å². The van der Waals surface area contributed by atoms with Gasteiger partial charge in [0.25, 0.3) is 0 Å². The lowest BCUT2D eigenvalue weighted by Crippen LogP contribution is -2.07. The monoisotopic (exact) mass is 1480 g/mol. The molecule has 7 aliphatic heterocycles. The van der Waals surface area contributed by atoms with Gasteiger partial charge in [0.15, 0.2) is 0 Å². The van der Waals surface area contributed by atoms with Crippen LogP contribution < -0.4 is 10.6 Å². The molecular formula is C88H169N9O4S2. The third kappa shape index (κ3) is 73.1. The molecule has 0 unspecified atom stereocenters. The Kier molecular flexibility index (Phi) is 109. The maximum Gasteiger partial charge on any atom is 0.230 e. The van der Waals surface area contributed by atoms with Crippen LogP contribution in [0, 0.1) is 55.4 Å². The van der Waals surface area contributed by atoms with Crippen molar-refractivity contribution < 1.29 is 18.9 Å². The minimum Gasteiger partial charge on any atom is -0.498 e. The molecule has 0 fully saturated rings. The second kappa shape index (κ2) is 92.5. The predicted molar refractivity (Wildman–Crippen MR) is 470 cm³/mol. The lowest BCUT2D eigenvalue weighted by molar-refractivity contribution is 0.0724. The first-order valence-electron chi connectivity index (χ1n) is 39.2. The summed E-state index contributed by atoms with van der Waals surface area (Å²) in [6, 6.07) is 3.96. The van der Waals surface area contributed by atoms with Crippen LogP contribution in [0.5, 0.6) is 0 Å². The fraction of sp³-hybridized carbons (Fsp3) is 0.648. The Morgan fingerprint density at radius 2 is 0.816 bits per heavy atom. The fourth-order valence-corrected chi connectivity index (χ4v) is 8.66. The zero-order valence-electron chi connectivity index (χ0n) is 76.0. The highest BCUT2D eigenvalue weighted by Gasteiger charge is 2.08. The molecule has 11 rings (SSSR count). The van der Waals surface area contributed by atoms with Crippen molar-refractivity contribution in [2.24, 2.45) is 0 Å². The molecule has 0 aliphatic carbocycles. The number of nitrogens with one attached hydrogen (secondary N) is 2. The minimum atomic E-state index is 0.400. The Bertz CT molecular complexity index is 2130. The number of thioether (sulfide) groups is 2. The van der Waals surface area contributed by atoms with Crippen LogP contribution in [0.1, 0.15) is 314 Å². The van der Waals surface area contributed by atoms with Gasteiger partial charge in [0, 0.05) is 91.9 Å². The van der Waals surface area contributed by atoms with Crippen molar-refractivity contribution in [2.75, 3.05) is 63.5 Å². The first-order chi connectivity index (χ1) is 49.3. The summed E-state index contributed by atoms with van der Waals surface area (Å²) < 4.78 is 20.1. The third-order valence-corrected chi connectivity index (χ3v) is 16.8. The molecule has 0 bridgehead atoms. The van der Waals surface area contributed by atoms with Gasteiger partial charge in [0.05, 0.1) is 42.7 Å². The molecule has 103 heavy (non-hydrogen) atoms. The Balaban J connectivity index is -0.0000000977. The minimum absolute atomic E-state index is 0.400. The highest BCUT2D eigenvalue weighted by Crippen LogP contribution is 2.29. The maximum atomic E-state index is 5.14. The highest BCUT2D eigenvalue weighted by atomic mass is 32.2. The summed E-state index contributed by atoms with van der Waals surface area (Å²) >= 11 is 4.00. The first kappa shape index (κ1) is 121. The van der Waals surface area contributed by atoms with E-state index in [0.29, 0.717) is 6.79 Å². The van der Waals surface area contributed by atoms with E-state index in [1.807, 2.05) is 269 Å². The third-order valence-electron chi connectivity index (χ3n) is 14.4.